The van der Waals surface area contributed by atoms with Crippen LogP contribution in [0.4, 0.5) is 0 Å². The van der Waals surface area contributed by atoms with Gasteiger partial charge in [-0.3, -0.25) is 0 Å². The van der Waals surface area contributed by atoms with E-state index in [1.165, 1.54) is 5.56 Å². The first-order chi connectivity index (χ1) is 8.28. The van der Waals surface area contributed by atoms with Gasteiger partial charge in [0.05, 0.1) is 11.2 Å². The van der Waals surface area contributed by atoms with Gasteiger partial charge >= 0.3 is 0 Å². The molecule has 1 unspecified atom stereocenters. The van der Waals surface area contributed by atoms with Crippen LogP contribution in [0.3, 0.4) is 0 Å². The van der Waals surface area contributed by atoms with Gasteiger partial charge in [-0.25, -0.2) is 0 Å². The van der Waals surface area contributed by atoms with Gasteiger partial charge in [0, 0.05) is 17.6 Å². The molecule has 1 aliphatic heterocycles. The first-order valence-corrected chi connectivity index (χ1v) is 6.84. The molecule has 0 aromatic heterocycles. The summed E-state index contributed by atoms with van der Waals surface area (Å²) in [5.41, 5.74) is 1.09. The van der Waals surface area contributed by atoms with Crippen molar-refractivity contribution >= 4 is 11.6 Å². The lowest BCUT2D eigenvalue weighted by molar-refractivity contribution is -0.0699. The Kier molecular flexibility index (Phi) is 3.72. The summed E-state index contributed by atoms with van der Waals surface area (Å²) >= 11 is 5.88. The van der Waals surface area contributed by atoms with Crippen LogP contribution in [0.2, 0.25) is 5.02 Å². The molecule has 1 aromatic carbocycles. The third-order valence-electron chi connectivity index (χ3n) is 3.54. The number of benzene rings is 1. The van der Waals surface area contributed by atoms with E-state index in [0.29, 0.717) is 6.04 Å². The summed E-state index contributed by atoms with van der Waals surface area (Å²) in [4.78, 5) is 0. The average Bonchev–Trinajstić information content (AvgIpc) is 2.45. The van der Waals surface area contributed by atoms with Crippen molar-refractivity contribution in [1.82, 2.24) is 5.32 Å². The molecule has 100 valence electrons. The number of ether oxygens (including phenoxy) is 1. The molecule has 2 rings (SSSR count). The molecule has 1 N–H and O–H groups in total. The van der Waals surface area contributed by atoms with Crippen molar-refractivity contribution < 1.29 is 4.74 Å². The number of halogens is 1. The van der Waals surface area contributed by atoms with Crippen LogP contribution in [0.1, 0.15) is 39.7 Å². The Labute approximate surface area is 115 Å². The van der Waals surface area contributed by atoms with Crippen molar-refractivity contribution in [1.29, 1.82) is 0 Å². The zero-order valence-electron chi connectivity index (χ0n) is 11.6. The Hall–Kier alpha value is -0.570. The second-order valence-corrected chi connectivity index (χ2v) is 6.67. The van der Waals surface area contributed by atoms with Gasteiger partial charge in [-0.1, -0.05) is 23.7 Å². The lowest BCUT2D eigenvalue weighted by Gasteiger charge is -2.28. The van der Waals surface area contributed by atoms with Crippen molar-refractivity contribution in [3.63, 3.8) is 0 Å². The molecular weight excluding hydrogens is 246 g/mol. The van der Waals surface area contributed by atoms with Gasteiger partial charge in [-0.2, -0.15) is 0 Å². The van der Waals surface area contributed by atoms with Crippen LogP contribution in [0.25, 0.3) is 0 Å². The fourth-order valence-electron chi connectivity index (χ4n) is 2.72. The fraction of sp³-hybridized carbons (Fsp3) is 0.600. The molecule has 0 bridgehead atoms. The highest BCUT2D eigenvalue weighted by atomic mass is 35.5. The molecular formula is C15H22ClNO. The van der Waals surface area contributed by atoms with E-state index in [4.69, 9.17) is 16.3 Å². The number of rotatable bonds is 3. The summed E-state index contributed by atoms with van der Waals surface area (Å²) in [6.45, 7) is 9.46. The average molecular weight is 268 g/mol. The molecule has 0 radical (unpaired) electrons. The summed E-state index contributed by atoms with van der Waals surface area (Å²) < 4.78 is 6.07. The Morgan fingerprint density at radius 1 is 1.22 bits per heavy atom. The van der Waals surface area contributed by atoms with Crippen LogP contribution in [0.5, 0.6) is 0 Å². The maximum absolute atomic E-state index is 6.07. The van der Waals surface area contributed by atoms with E-state index in [1.54, 1.807) is 0 Å². The van der Waals surface area contributed by atoms with E-state index in [-0.39, 0.29) is 11.2 Å². The zero-order valence-corrected chi connectivity index (χ0v) is 12.3. The van der Waals surface area contributed by atoms with Crippen LogP contribution in [0.15, 0.2) is 24.3 Å². The maximum Gasteiger partial charge on any atom is 0.0787 e. The molecule has 2 nitrogen and oxygen atoms in total. The highest BCUT2D eigenvalue weighted by Gasteiger charge is 2.45. The molecule has 1 heterocycles. The molecule has 0 aliphatic carbocycles. The van der Waals surface area contributed by atoms with Gasteiger partial charge in [-0.15, -0.1) is 0 Å². The van der Waals surface area contributed by atoms with E-state index < -0.39 is 0 Å². The highest BCUT2D eigenvalue weighted by molar-refractivity contribution is 6.30. The molecule has 1 saturated heterocycles. The fourth-order valence-corrected chi connectivity index (χ4v) is 2.85. The van der Waals surface area contributed by atoms with Crippen molar-refractivity contribution in [3.8, 4) is 0 Å². The molecule has 18 heavy (non-hydrogen) atoms. The van der Waals surface area contributed by atoms with Crippen LogP contribution in [-0.2, 0) is 11.3 Å². The van der Waals surface area contributed by atoms with E-state index in [2.05, 4.69) is 45.1 Å². The monoisotopic (exact) mass is 267 g/mol. The van der Waals surface area contributed by atoms with Gasteiger partial charge in [-0.05, 0) is 51.8 Å². The predicted molar refractivity (Wildman–Crippen MR) is 75.9 cm³/mol. The molecule has 3 heteroatoms. The van der Waals surface area contributed by atoms with Crippen LogP contribution in [0, 0.1) is 0 Å². The third-order valence-corrected chi connectivity index (χ3v) is 3.79. The molecule has 1 atom stereocenters. The van der Waals surface area contributed by atoms with Gasteiger partial charge in [0.1, 0.15) is 0 Å². The summed E-state index contributed by atoms with van der Waals surface area (Å²) in [5.74, 6) is 0. The second kappa shape index (κ2) is 4.84. The number of nitrogens with one attached hydrogen (secondary N) is 1. The topological polar surface area (TPSA) is 21.3 Å². The molecule has 1 fully saturated rings. The summed E-state index contributed by atoms with van der Waals surface area (Å²) in [6.07, 6.45) is 1.04. The second-order valence-electron chi connectivity index (χ2n) is 6.23. The Morgan fingerprint density at radius 3 is 2.33 bits per heavy atom. The molecule has 1 aliphatic rings. The van der Waals surface area contributed by atoms with E-state index in [0.717, 1.165) is 18.0 Å². The summed E-state index contributed by atoms with van der Waals surface area (Å²) in [6, 6.07) is 8.35. The van der Waals surface area contributed by atoms with Crippen LogP contribution in [-0.4, -0.2) is 17.2 Å². The van der Waals surface area contributed by atoms with E-state index in [1.807, 2.05) is 12.1 Å². The quantitative estimate of drug-likeness (QED) is 0.900. The molecule has 1 aromatic rings. The lowest BCUT2D eigenvalue weighted by Crippen LogP contribution is -2.42. The molecule has 0 spiro atoms. The summed E-state index contributed by atoms with van der Waals surface area (Å²) in [5, 5.41) is 4.38. The smallest absolute Gasteiger partial charge is 0.0787 e. The summed E-state index contributed by atoms with van der Waals surface area (Å²) in [7, 11) is 0. The van der Waals surface area contributed by atoms with E-state index >= 15 is 0 Å². The standard InChI is InChI=1S/C15H22ClNO/c1-14(2)9-13(15(3,4)18-14)17-10-11-5-7-12(16)8-6-11/h5-8,13,17H,9-10H2,1-4H3. The minimum atomic E-state index is -0.115. The van der Waals surface area contributed by atoms with Crippen molar-refractivity contribution in [3.05, 3.63) is 34.9 Å². The van der Waals surface area contributed by atoms with Crippen molar-refractivity contribution in [2.75, 3.05) is 0 Å². The SMILES string of the molecule is CC1(C)CC(NCc2ccc(Cl)cc2)C(C)(C)O1. The molecule has 0 amide bonds. The van der Waals surface area contributed by atoms with Gasteiger partial charge in [0.2, 0.25) is 0 Å². The normalized spacial score (nSPS) is 25.3. The third kappa shape index (κ3) is 3.25. The predicted octanol–water partition coefficient (Wildman–Crippen LogP) is 3.78. The Balaban J connectivity index is 1.96. The highest BCUT2D eigenvalue weighted by Crippen LogP contribution is 2.37. The van der Waals surface area contributed by atoms with Crippen molar-refractivity contribution in [2.24, 2.45) is 0 Å². The minimum Gasteiger partial charge on any atom is -0.368 e. The van der Waals surface area contributed by atoms with Gasteiger partial charge in [0.25, 0.3) is 0 Å². The van der Waals surface area contributed by atoms with Crippen LogP contribution >= 0.6 is 11.6 Å². The van der Waals surface area contributed by atoms with Crippen molar-refractivity contribution in [2.45, 2.75) is 57.9 Å². The maximum atomic E-state index is 6.07. The number of hydrogen-bond donors (Lipinski definition) is 1. The lowest BCUT2D eigenvalue weighted by atomic mass is 9.94. The Bertz CT molecular complexity index is 411. The van der Waals surface area contributed by atoms with E-state index in [9.17, 15) is 0 Å². The van der Waals surface area contributed by atoms with Gasteiger partial charge < -0.3 is 10.1 Å². The minimum absolute atomic E-state index is 0.0405. The largest absolute Gasteiger partial charge is 0.368 e. The molecule has 0 saturated carbocycles. The van der Waals surface area contributed by atoms with Gasteiger partial charge in [0.15, 0.2) is 0 Å². The Morgan fingerprint density at radius 2 is 1.83 bits per heavy atom. The zero-order chi connectivity index (χ0) is 13.4. The number of hydrogen-bond acceptors (Lipinski definition) is 2. The van der Waals surface area contributed by atoms with Crippen LogP contribution < -0.4 is 5.32 Å². The first kappa shape index (κ1) is 13.9. The first-order valence-electron chi connectivity index (χ1n) is 6.46.